The molecule has 3 rings (SSSR count). The van der Waals surface area contributed by atoms with E-state index in [0.717, 1.165) is 5.56 Å². The van der Waals surface area contributed by atoms with Crippen molar-refractivity contribution < 1.29 is 19.4 Å². The minimum absolute atomic E-state index is 0.257. The molecule has 0 radical (unpaired) electrons. The lowest BCUT2D eigenvalue weighted by Crippen LogP contribution is -2.13. The topological polar surface area (TPSA) is 114 Å². The summed E-state index contributed by atoms with van der Waals surface area (Å²) in [7, 11) is 0. The van der Waals surface area contributed by atoms with E-state index in [1.165, 1.54) is 6.07 Å². The first-order valence-electron chi connectivity index (χ1n) is 8.88. The molecule has 3 aromatic carbocycles. The Kier molecular flexibility index (Phi) is 6.11. The highest BCUT2D eigenvalue weighted by atomic mass is 16.6. The maximum absolute atomic E-state index is 12.4. The summed E-state index contributed by atoms with van der Waals surface area (Å²) in [6.07, 6.45) is -0.722. The standard InChI is InChI=1S/C22H21N3O4/c1-14-5-7-15(8-6-14)22(28)29-20-10-9-18(12-19(20)24-13-26)25-21(27)16-3-2-4-17(23)11-16/h2-13,22,28H,23H2,1H3,(H,24,26)(H,25,27). The molecule has 29 heavy (non-hydrogen) atoms. The van der Waals surface area contributed by atoms with Crippen LogP contribution in [0.3, 0.4) is 0 Å². The lowest BCUT2D eigenvalue weighted by atomic mass is 10.1. The molecule has 0 bridgehead atoms. The number of rotatable bonds is 7. The third-order valence-corrected chi connectivity index (χ3v) is 4.20. The van der Waals surface area contributed by atoms with Gasteiger partial charge in [0.25, 0.3) is 5.91 Å². The number of ether oxygens (including phenoxy) is 1. The van der Waals surface area contributed by atoms with E-state index in [4.69, 9.17) is 10.5 Å². The SMILES string of the molecule is Cc1ccc(C(O)Oc2ccc(NC(=O)c3cccc(N)c3)cc2NC=O)cc1. The van der Waals surface area contributed by atoms with Gasteiger partial charge in [-0.15, -0.1) is 0 Å². The molecule has 0 heterocycles. The van der Waals surface area contributed by atoms with E-state index in [9.17, 15) is 14.7 Å². The van der Waals surface area contributed by atoms with E-state index in [1.807, 2.05) is 19.1 Å². The van der Waals surface area contributed by atoms with Gasteiger partial charge < -0.3 is 26.2 Å². The molecular formula is C22H21N3O4. The molecule has 0 aliphatic rings. The molecule has 5 N–H and O–H groups in total. The Balaban J connectivity index is 1.78. The number of nitrogens with two attached hydrogens (primary N) is 1. The van der Waals surface area contributed by atoms with Gasteiger partial charge in [0.05, 0.1) is 5.69 Å². The maximum Gasteiger partial charge on any atom is 0.255 e. The zero-order valence-corrected chi connectivity index (χ0v) is 15.8. The third-order valence-electron chi connectivity index (χ3n) is 4.20. The number of nitrogen functional groups attached to an aromatic ring is 1. The van der Waals surface area contributed by atoms with Gasteiger partial charge in [-0.25, -0.2) is 0 Å². The highest BCUT2D eigenvalue weighted by molar-refractivity contribution is 6.05. The second-order valence-corrected chi connectivity index (χ2v) is 6.43. The number of aryl methyl sites for hydroxylation is 1. The predicted octanol–water partition coefficient (Wildman–Crippen LogP) is 3.47. The molecule has 1 unspecified atom stereocenters. The first-order valence-corrected chi connectivity index (χ1v) is 8.88. The van der Waals surface area contributed by atoms with Crippen LogP contribution in [0.15, 0.2) is 66.7 Å². The molecule has 0 saturated heterocycles. The number of aliphatic hydroxyl groups excluding tert-OH is 1. The maximum atomic E-state index is 12.4. The van der Waals surface area contributed by atoms with Gasteiger partial charge >= 0.3 is 0 Å². The second kappa shape index (κ2) is 8.90. The van der Waals surface area contributed by atoms with Crippen molar-refractivity contribution in [3.8, 4) is 5.75 Å². The average molecular weight is 391 g/mol. The van der Waals surface area contributed by atoms with Gasteiger partial charge in [0, 0.05) is 22.5 Å². The van der Waals surface area contributed by atoms with Crippen LogP contribution in [0.5, 0.6) is 5.75 Å². The molecule has 2 amide bonds. The molecule has 3 aromatic rings. The first kappa shape index (κ1) is 19.9. The molecule has 1 atom stereocenters. The molecular weight excluding hydrogens is 370 g/mol. The lowest BCUT2D eigenvalue weighted by molar-refractivity contribution is -0.105. The Bertz CT molecular complexity index is 1020. The number of hydrogen-bond acceptors (Lipinski definition) is 5. The number of benzene rings is 3. The summed E-state index contributed by atoms with van der Waals surface area (Å²) in [5.74, 6) is -0.0881. The Labute approximate surface area is 168 Å². The number of amides is 2. The van der Waals surface area contributed by atoms with Crippen molar-refractivity contribution in [2.24, 2.45) is 0 Å². The Morgan fingerprint density at radius 2 is 1.86 bits per heavy atom. The van der Waals surface area contributed by atoms with Crippen LogP contribution in [-0.4, -0.2) is 17.4 Å². The highest BCUT2D eigenvalue weighted by Crippen LogP contribution is 2.31. The number of carbonyl (C=O) groups excluding carboxylic acids is 2. The number of aliphatic hydroxyl groups is 1. The van der Waals surface area contributed by atoms with Crippen molar-refractivity contribution in [1.82, 2.24) is 0 Å². The van der Waals surface area contributed by atoms with Gasteiger partial charge in [-0.2, -0.15) is 0 Å². The highest BCUT2D eigenvalue weighted by Gasteiger charge is 2.14. The van der Waals surface area contributed by atoms with Crippen LogP contribution in [0.1, 0.15) is 27.8 Å². The fraction of sp³-hybridized carbons (Fsp3) is 0.0909. The molecule has 0 aromatic heterocycles. The lowest BCUT2D eigenvalue weighted by Gasteiger charge is -2.17. The van der Waals surface area contributed by atoms with Crippen LogP contribution in [-0.2, 0) is 4.79 Å². The Morgan fingerprint density at radius 3 is 2.55 bits per heavy atom. The normalized spacial score (nSPS) is 11.4. The Hall–Kier alpha value is -3.84. The summed E-state index contributed by atoms with van der Waals surface area (Å²) in [6, 6.07) is 18.5. The van der Waals surface area contributed by atoms with E-state index in [2.05, 4.69) is 10.6 Å². The van der Waals surface area contributed by atoms with Crippen molar-refractivity contribution in [3.63, 3.8) is 0 Å². The summed E-state index contributed by atoms with van der Waals surface area (Å²) in [5.41, 5.74) is 8.98. The van der Waals surface area contributed by atoms with E-state index >= 15 is 0 Å². The van der Waals surface area contributed by atoms with Crippen LogP contribution >= 0.6 is 0 Å². The zero-order valence-electron chi connectivity index (χ0n) is 15.8. The van der Waals surface area contributed by atoms with E-state index in [-0.39, 0.29) is 11.7 Å². The van der Waals surface area contributed by atoms with Gasteiger partial charge in [0.1, 0.15) is 5.75 Å². The minimum Gasteiger partial charge on any atom is -0.459 e. The average Bonchev–Trinajstić information content (AvgIpc) is 2.70. The van der Waals surface area contributed by atoms with Crippen molar-refractivity contribution in [1.29, 1.82) is 0 Å². The summed E-state index contributed by atoms with van der Waals surface area (Å²) < 4.78 is 5.59. The van der Waals surface area contributed by atoms with E-state index in [0.29, 0.717) is 34.6 Å². The molecule has 0 saturated carbocycles. The number of hydrogen-bond donors (Lipinski definition) is 4. The van der Waals surface area contributed by atoms with Crippen LogP contribution in [0.2, 0.25) is 0 Å². The Morgan fingerprint density at radius 1 is 1.10 bits per heavy atom. The van der Waals surface area contributed by atoms with E-state index < -0.39 is 6.29 Å². The van der Waals surface area contributed by atoms with Crippen molar-refractivity contribution in [2.45, 2.75) is 13.2 Å². The fourth-order valence-electron chi connectivity index (χ4n) is 2.69. The number of carbonyl (C=O) groups is 2. The molecule has 0 aliphatic heterocycles. The first-order chi connectivity index (χ1) is 14.0. The minimum atomic E-state index is -1.21. The van der Waals surface area contributed by atoms with E-state index in [1.54, 1.807) is 48.5 Å². The molecule has 0 fully saturated rings. The monoisotopic (exact) mass is 391 g/mol. The van der Waals surface area contributed by atoms with Gasteiger partial charge in [0.15, 0.2) is 0 Å². The largest absolute Gasteiger partial charge is 0.459 e. The van der Waals surface area contributed by atoms with Crippen LogP contribution in [0.4, 0.5) is 17.1 Å². The summed E-state index contributed by atoms with van der Waals surface area (Å²) in [5, 5.41) is 15.6. The van der Waals surface area contributed by atoms with Gasteiger partial charge in [-0.3, -0.25) is 9.59 Å². The van der Waals surface area contributed by atoms with Crippen molar-refractivity contribution in [2.75, 3.05) is 16.4 Å². The van der Waals surface area contributed by atoms with Crippen LogP contribution < -0.4 is 21.1 Å². The zero-order chi connectivity index (χ0) is 20.8. The van der Waals surface area contributed by atoms with Crippen molar-refractivity contribution in [3.05, 3.63) is 83.4 Å². The third kappa shape index (κ3) is 5.12. The van der Waals surface area contributed by atoms with Crippen LogP contribution in [0.25, 0.3) is 0 Å². The van der Waals surface area contributed by atoms with Crippen molar-refractivity contribution >= 4 is 29.4 Å². The number of anilines is 3. The quantitative estimate of drug-likeness (QED) is 0.280. The molecule has 0 aliphatic carbocycles. The smallest absolute Gasteiger partial charge is 0.255 e. The molecule has 7 heteroatoms. The molecule has 148 valence electrons. The summed E-state index contributed by atoms with van der Waals surface area (Å²) in [4.78, 5) is 23.4. The predicted molar refractivity (Wildman–Crippen MR) is 112 cm³/mol. The van der Waals surface area contributed by atoms with Gasteiger partial charge in [-0.1, -0.05) is 35.9 Å². The number of nitrogens with one attached hydrogen (secondary N) is 2. The fourth-order valence-corrected chi connectivity index (χ4v) is 2.69. The second-order valence-electron chi connectivity index (χ2n) is 6.43. The molecule has 7 nitrogen and oxygen atoms in total. The summed E-state index contributed by atoms with van der Waals surface area (Å²) >= 11 is 0. The van der Waals surface area contributed by atoms with Gasteiger partial charge in [0.2, 0.25) is 12.7 Å². The van der Waals surface area contributed by atoms with Gasteiger partial charge in [-0.05, 0) is 43.3 Å². The van der Waals surface area contributed by atoms with Crippen LogP contribution in [0, 0.1) is 6.92 Å². The summed E-state index contributed by atoms with van der Waals surface area (Å²) in [6.45, 7) is 1.94. The molecule has 0 spiro atoms.